The standard InChI is InChI=1S/C22H22N2O3/c1-4-16-7-14-21(15(2)23-16)22(25)24-17-5-8-19(9-6-17)27-20-12-10-18(26-3)11-13-20/h5-14H,4H2,1-3H3,(H,24,25). The summed E-state index contributed by atoms with van der Waals surface area (Å²) in [5.41, 5.74) is 2.97. The van der Waals surface area contributed by atoms with Crippen LogP contribution >= 0.6 is 0 Å². The molecule has 0 aliphatic heterocycles. The Labute approximate surface area is 159 Å². The Morgan fingerprint density at radius 3 is 2.07 bits per heavy atom. The fourth-order valence-corrected chi connectivity index (χ4v) is 2.63. The van der Waals surface area contributed by atoms with Crippen molar-refractivity contribution >= 4 is 11.6 Å². The number of aromatic nitrogens is 1. The van der Waals surface area contributed by atoms with Crippen LogP contribution in [-0.2, 0) is 6.42 Å². The third-order valence-electron chi connectivity index (χ3n) is 4.16. The van der Waals surface area contributed by atoms with Gasteiger partial charge >= 0.3 is 0 Å². The van der Waals surface area contributed by atoms with Gasteiger partial charge in [-0.1, -0.05) is 6.92 Å². The van der Waals surface area contributed by atoms with E-state index in [1.165, 1.54) is 0 Å². The van der Waals surface area contributed by atoms with Crippen molar-refractivity contribution in [1.29, 1.82) is 0 Å². The van der Waals surface area contributed by atoms with Crippen LogP contribution in [0.25, 0.3) is 0 Å². The highest BCUT2D eigenvalue weighted by Crippen LogP contribution is 2.25. The number of rotatable bonds is 6. The fraction of sp³-hybridized carbons (Fsp3) is 0.182. The van der Waals surface area contributed by atoms with Crippen LogP contribution in [0.4, 0.5) is 5.69 Å². The van der Waals surface area contributed by atoms with Gasteiger partial charge in [0, 0.05) is 11.4 Å². The summed E-state index contributed by atoms with van der Waals surface area (Å²) in [7, 11) is 1.62. The van der Waals surface area contributed by atoms with Crippen molar-refractivity contribution in [2.24, 2.45) is 0 Å². The third-order valence-corrected chi connectivity index (χ3v) is 4.16. The quantitative estimate of drug-likeness (QED) is 0.670. The molecule has 2 aromatic carbocycles. The zero-order valence-corrected chi connectivity index (χ0v) is 15.7. The molecule has 0 unspecified atom stereocenters. The molecule has 0 saturated heterocycles. The molecule has 1 N–H and O–H groups in total. The average Bonchev–Trinajstić information content (AvgIpc) is 2.69. The summed E-state index contributed by atoms with van der Waals surface area (Å²) in [6.45, 7) is 3.89. The molecule has 0 aliphatic carbocycles. The Kier molecular flexibility index (Phi) is 5.71. The van der Waals surface area contributed by atoms with Gasteiger partial charge in [0.25, 0.3) is 5.91 Å². The number of hydrogen-bond donors (Lipinski definition) is 1. The number of carbonyl (C=O) groups is 1. The first kappa shape index (κ1) is 18.5. The Bertz CT molecular complexity index is 919. The molecule has 0 spiro atoms. The molecule has 3 rings (SSSR count). The van der Waals surface area contributed by atoms with E-state index < -0.39 is 0 Å². The van der Waals surface area contributed by atoms with Gasteiger partial charge in [-0.05, 0) is 74.0 Å². The summed E-state index contributed by atoms with van der Waals surface area (Å²) in [6, 6.07) is 18.3. The van der Waals surface area contributed by atoms with E-state index in [0.717, 1.165) is 23.6 Å². The minimum atomic E-state index is -0.175. The van der Waals surface area contributed by atoms with Crippen LogP contribution < -0.4 is 14.8 Å². The molecule has 1 amide bonds. The maximum Gasteiger partial charge on any atom is 0.257 e. The van der Waals surface area contributed by atoms with Crippen molar-refractivity contribution in [3.63, 3.8) is 0 Å². The van der Waals surface area contributed by atoms with Crippen LogP contribution in [-0.4, -0.2) is 18.0 Å². The molecule has 27 heavy (non-hydrogen) atoms. The molecule has 0 saturated carbocycles. The molecule has 138 valence electrons. The molecule has 0 aliphatic rings. The minimum Gasteiger partial charge on any atom is -0.497 e. The van der Waals surface area contributed by atoms with Crippen molar-refractivity contribution < 1.29 is 14.3 Å². The normalized spacial score (nSPS) is 10.3. The van der Waals surface area contributed by atoms with Crippen LogP contribution in [0.5, 0.6) is 17.2 Å². The SMILES string of the molecule is CCc1ccc(C(=O)Nc2ccc(Oc3ccc(OC)cc3)cc2)c(C)n1. The van der Waals surface area contributed by atoms with Crippen LogP contribution in [0.2, 0.25) is 0 Å². The molecule has 3 aromatic rings. The molecular weight excluding hydrogens is 340 g/mol. The minimum absolute atomic E-state index is 0.175. The number of amides is 1. The first-order chi connectivity index (χ1) is 13.1. The van der Waals surface area contributed by atoms with Gasteiger partial charge in [-0.15, -0.1) is 0 Å². The van der Waals surface area contributed by atoms with Crippen LogP contribution in [0, 0.1) is 6.92 Å². The fourth-order valence-electron chi connectivity index (χ4n) is 2.63. The van der Waals surface area contributed by atoms with E-state index in [0.29, 0.717) is 22.7 Å². The number of aryl methyl sites for hydroxylation is 2. The van der Waals surface area contributed by atoms with E-state index in [1.807, 2.05) is 62.4 Å². The molecule has 0 bridgehead atoms. The van der Waals surface area contributed by atoms with Gasteiger partial charge in [0.15, 0.2) is 0 Å². The maximum absolute atomic E-state index is 12.5. The lowest BCUT2D eigenvalue weighted by atomic mass is 10.1. The van der Waals surface area contributed by atoms with Crippen molar-refractivity contribution in [1.82, 2.24) is 4.98 Å². The number of nitrogens with zero attached hydrogens (tertiary/aromatic N) is 1. The topological polar surface area (TPSA) is 60.5 Å². The number of nitrogens with one attached hydrogen (secondary N) is 1. The van der Waals surface area contributed by atoms with Gasteiger partial charge in [-0.3, -0.25) is 9.78 Å². The van der Waals surface area contributed by atoms with Crippen molar-refractivity contribution in [2.75, 3.05) is 12.4 Å². The van der Waals surface area contributed by atoms with Crippen molar-refractivity contribution in [3.05, 3.63) is 77.6 Å². The lowest BCUT2D eigenvalue weighted by Crippen LogP contribution is -2.14. The monoisotopic (exact) mass is 362 g/mol. The molecule has 1 heterocycles. The van der Waals surface area contributed by atoms with Gasteiger partial charge < -0.3 is 14.8 Å². The van der Waals surface area contributed by atoms with Crippen molar-refractivity contribution in [2.45, 2.75) is 20.3 Å². The predicted molar refractivity (Wildman–Crippen MR) is 106 cm³/mol. The van der Waals surface area contributed by atoms with Gasteiger partial charge in [0.2, 0.25) is 0 Å². The Hall–Kier alpha value is -3.34. The summed E-state index contributed by atoms with van der Waals surface area (Å²) >= 11 is 0. The second-order valence-electron chi connectivity index (χ2n) is 6.05. The van der Waals surface area contributed by atoms with E-state index >= 15 is 0 Å². The number of hydrogen-bond acceptors (Lipinski definition) is 4. The molecular formula is C22H22N2O3. The second-order valence-corrected chi connectivity index (χ2v) is 6.05. The van der Waals surface area contributed by atoms with Gasteiger partial charge in [-0.25, -0.2) is 0 Å². The lowest BCUT2D eigenvalue weighted by Gasteiger charge is -2.10. The Balaban J connectivity index is 1.65. The highest BCUT2D eigenvalue weighted by atomic mass is 16.5. The number of methoxy groups -OCH3 is 1. The van der Waals surface area contributed by atoms with Crippen LogP contribution in [0.15, 0.2) is 60.7 Å². The molecule has 5 nitrogen and oxygen atoms in total. The zero-order valence-electron chi connectivity index (χ0n) is 15.7. The van der Waals surface area contributed by atoms with Crippen LogP contribution in [0.1, 0.15) is 28.7 Å². The molecule has 1 aromatic heterocycles. The summed E-state index contributed by atoms with van der Waals surface area (Å²) in [5.74, 6) is 2.00. The number of anilines is 1. The third kappa shape index (κ3) is 4.64. The number of pyridine rings is 1. The highest BCUT2D eigenvalue weighted by molar-refractivity contribution is 6.05. The zero-order chi connectivity index (χ0) is 19.2. The highest BCUT2D eigenvalue weighted by Gasteiger charge is 2.11. The Morgan fingerprint density at radius 2 is 1.52 bits per heavy atom. The molecule has 0 atom stereocenters. The van der Waals surface area contributed by atoms with E-state index in [1.54, 1.807) is 19.2 Å². The van der Waals surface area contributed by atoms with Gasteiger partial charge in [0.05, 0.1) is 18.4 Å². The number of benzene rings is 2. The molecule has 0 fully saturated rings. The first-order valence-electron chi connectivity index (χ1n) is 8.79. The lowest BCUT2D eigenvalue weighted by molar-refractivity contribution is 0.102. The van der Waals surface area contributed by atoms with Crippen LogP contribution in [0.3, 0.4) is 0 Å². The number of carbonyl (C=O) groups excluding carboxylic acids is 1. The van der Waals surface area contributed by atoms with E-state index in [9.17, 15) is 4.79 Å². The molecule has 5 heteroatoms. The average molecular weight is 362 g/mol. The van der Waals surface area contributed by atoms with E-state index in [-0.39, 0.29) is 5.91 Å². The largest absolute Gasteiger partial charge is 0.497 e. The summed E-state index contributed by atoms with van der Waals surface area (Å²) in [4.78, 5) is 16.9. The van der Waals surface area contributed by atoms with Crippen molar-refractivity contribution in [3.8, 4) is 17.2 Å². The van der Waals surface area contributed by atoms with E-state index in [4.69, 9.17) is 9.47 Å². The first-order valence-corrected chi connectivity index (χ1v) is 8.79. The predicted octanol–water partition coefficient (Wildman–Crippen LogP) is 5.01. The maximum atomic E-state index is 12.5. The Morgan fingerprint density at radius 1 is 0.926 bits per heavy atom. The summed E-state index contributed by atoms with van der Waals surface area (Å²) < 4.78 is 10.9. The summed E-state index contributed by atoms with van der Waals surface area (Å²) in [6.07, 6.45) is 0.846. The number of ether oxygens (including phenoxy) is 2. The van der Waals surface area contributed by atoms with E-state index in [2.05, 4.69) is 10.3 Å². The van der Waals surface area contributed by atoms with Gasteiger partial charge in [-0.2, -0.15) is 0 Å². The summed E-state index contributed by atoms with van der Waals surface area (Å²) in [5, 5.41) is 2.89. The second kappa shape index (κ2) is 8.36. The van der Waals surface area contributed by atoms with Gasteiger partial charge in [0.1, 0.15) is 17.2 Å². The smallest absolute Gasteiger partial charge is 0.257 e. The molecule has 0 radical (unpaired) electrons.